The molecule has 168 valence electrons. The van der Waals surface area contributed by atoms with Crippen LogP contribution >= 0.6 is 0 Å². The molecule has 0 bridgehead atoms. The van der Waals surface area contributed by atoms with Crippen molar-refractivity contribution < 1.29 is 28.6 Å². The number of aliphatic hydroxyl groups excluding tert-OH is 1. The highest BCUT2D eigenvalue weighted by molar-refractivity contribution is 6.46. The molecular formula is C23H20FN4O5+. The molecule has 1 saturated heterocycles. The van der Waals surface area contributed by atoms with Crippen molar-refractivity contribution in [3.63, 3.8) is 0 Å². The quantitative estimate of drug-likeness (QED) is 0.143. The maximum absolute atomic E-state index is 13.4. The van der Waals surface area contributed by atoms with E-state index in [0.717, 1.165) is 12.1 Å². The van der Waals surface area contributed by atoms with Crippen LogP contribution in [0.2, 0.25) is 0 Å². The smallest absolute Gasteiger partial charge is 0.295 e. The number of hydrogen-bond acceptors (Lipinski definition) is 5. The number of nitrogens with zero attached hydrogens (tertiary/aromatic N) is 3. The summed E-state index contributed by atoms with van der Waals surface area (Å²) >= 11 is 0. The SMILES string of the molecule is O=C1C(=O)N(CCC[n+]2cc[nH]c2)C(c2cccc([N+](=O)[O-])c2)C1=C(O)c1ccc(F)cc1. The number of amides is 1. The molecule has 3 aromatic rings. The van der Waals surface area contributed by atoms with Gasteiger partial charge in [0.2, 0.25) is 6.33 Å². The fourth-order valence-corrected chi connectivity index (χ4v) is 3.91. The zero-order valence-corrected chi connectivity index (χ0v) is 17.3. The second-order valence-corrected chi connectivity index (χ2v) is 7.55. The van der Waals surface area contributed by atoms with Gasteiger partial charge >= 0.3 is 0 Å². The van der Waals surface area contributed by atoms with Gasteiger partial charge in [-0.2, -0.15) is 0 Å². The van der Waals surface area contributed by atoms with Gasteiger partial charge in [-0.3, -0.25) is 24.7 Å². The number of nitro groups is 1. The number of likely N-dealkylation sites (tertiary alicyclic amines) is 1. The summed E-state index contributed by atoms with van der Waals surface area (Å²) in [5.41, 5.74) is 0.0817. The molecule has 1 amide bonds. The van der Waals surface area contributed by atoms with Gasteiger partial charge in [0.05, 0.1) is 23.1 Å². The molecule has 1 aliphatic heterocycles. The first-order valence-corrected chi connectivity index (χ1v) is 10.2. The second-order valence-electron chi connectivity index (χ2n) is 7.55. The van der Waals surface area contributed by atoms with Crippen LogP contribution in [0.4, 0.5) is 10.1 Å². The standard InChI is InChI=1S/C23H19FN4O5/c24-17-7-5-15(6-8-17)21(29)19-20(16-3-1-4-18(13-16)28(32)33)27(23(31)22(19)30)11-2-10-26-12-9-25-14-26/h1,3-9,12-14,20H,2,10-11H2,(H,29,30)/p+1. The number of aromatic nitrogens is 2. The monoisotopic (exact) mass is 451 g/mol. The maximum Gasteiger partial charge on any atom is 0.295 e. The first kappa shape index (κ1) is 21.9. The van der Waals surface area contributed by atoms with Crippen molar-refractivity contribution in [1.82, 2.24) is 9.88 Å². The van der Waals surface area contributed by atoms with Gasteiger partial charge in [0.25, 0.3) is 17.4 Å². The van der Waals surface area contributed by atoms with Gasteiger partial charge in [-0.25, -0.2) is 8.96 Å². The molecule has 4 rings (SSSR count). The number of aliphatic hydroxyl groups is 1. The van der Waals surface area contributed by atoms with E-state index in [9.17, 15) is 29.2 Å². The summed E-state index contributed by atoms with van der Waals surface area (Å²) in [4.78, 5) is 40.8. The van der Waals surface area contributed by atoms with Crippen LogP contribution < -0.4 is 4.57 Å². The molecule has 0 spiro atoms. The normalized spacial score (nSPS) is 17.5. The number of halogens is 1. The Bertz CT molecular complexity index is 1240. The lowest BCUT2D eigenvalue weighted by Crippen LogP contribution is -2.36. The number of nitro benzene ring substituents is 1. The van der Waals surface area contributed by atoms with Gasteiger partial charge in [0.15, 0.2) is 0 Å². The van der Waals surface area contributed by atoms with Crippen LogP contribution in [-0.2, 0) is 16.1 Å². The summed E-state index contributed by atoms with van der Waals surface area (Å²) in [6.07, 6.45) is 5.82. The molecule has 10 heteroatoms. The molecule has 33 heavy (non-hydrogen) atoms. The molecule has 2 heterocycles. The third-order valence-corrected chi connectivity index (χ3v) is 5.47. The molecular weight excluding hydrogens is 431 g/mol. The zero-order valence-electron chi connectivity index (χ0n) is 17.3. The van der Waals surface area contributed by atoms with E-state index >= 15 is 0 Å². The van der Waals surface area contributed by atoms with Crippen molar-refractivity contribution >= 4 is 23.1 Å². The van der Waals surface area contributed by atoms with Crippen LogP contribution in [0.25, 0.3) is 5.76 Å². The number of benzene rings is 2. The number of ketones is 1. The predicted octanol–water partition coefficient (Wildman–Crippen LogP) is 2.86. The third-order valence-electron chi connectivity index (χ3n) is 5.47. The summed E-state index contributed by atoms with van der Waals surface area (Å²) in [5, 5.41) is 22.2. The Morgan fingerprint density at radius 2 is 1.97 bits per heavy atom. The highest BCUT2D eigenvalue weighted by Gasteiger charge is 2.46. The van der Waals surface area contributed by atoms with Gasteiger partial charge in [-0.1, -0.05) is 12.1 Å². The van der Waals surface area contributed by atoms with Gasteiger partial charge in [0, 0.05) is 30.7 Å². The molecule has 0 saturated carbocycles. The summed E-state index contributed by atoms with van der Waals surface area (Å²) in [6.45, 7) is 0.739. The van der Waals surface area contributed by atoms with Crippen molar-refractivity contribution in [2.24, 2.45) is 0 Å². The van der Waals surface area contributed by atoms with E-state index in [0.29, 0.717) is 18.5 Å². The number of Topliss-reactive ketones (excluding diaryl/α,β-unsaturated/α-hetero) is 1. The van der Waals surface area contributed by atoms with Crippen LogP contribution in [0.1, 0.15) is 23.6 Å². The van der Waals surface area contributed by atoms with Crippen molar-refractivity contribution in [3.05, 3.63) is 99.9 Å². The van der Waals surface area contributed by atoms with Crippen LogP contribution in [-0.4, -0.2) is 38.1 Å². The summed E-state index contributed by atoms with van der Waals surface area (Å²) < 4.78 is 15.2. The molecule has 1 unspecified atom stereocenters. The van der Waals surface area contributed by atoms with E-state index < -0.39 is 34.2 Å². The number of aryl methyl sites for hydroxylation is 1. The van der Waals surface area contributed by atoms with Gasteiger partial charge in [0.1, 0.15) is 24.0 Å². The molecule has 2 N–H and O–H groups in total. The number of imidazole rings is 1. The van der Waals surface area contributed by atoms with Crippen LogP contribution in [0.15, 0.2) is 72.8 Å². The number of carbonyl (C=O) groups is 2. The number of hydrogen-bond donors (Lipinski definition) is 2. The van der Waals surface area contributed by atoms with E-state index in [1.165, 1.54) is 35.2 Å². The Hall–Kier alpha value is -4.34. The minimum atomic E-state index is -1.02. The number of non-ortho nitro benzene ring substituents is 1. The minimum Gasteiger partial charge on any atom is -0.507 e. The first-order chi connectivity index (χ1) is 15.9. The summed E-state index contributed by atoms with van der Waals surface area (Å²) in [5.74, 6) is -2.70. The number of aromatic amines is 1. The topological polar surface area (TPSA) is 120 Å². The molecule has 2 aromatic carbocycles. The Balaban J connectivity index is 1.76. The molecule has 0 radical (unpaired) electrons. The number of rotatable bonds is 7. The Kier molecular flexibility index (Phi) is 5.99. The minimum absolute atomic E-state index is 0.160. The van der Waals surface area contributed by atoms with E-state index in [2.05, 4.69) is 4.98 Å². The van der Waals surface area contributed by atoms with Gasteiger partial charge < -0.3 is 10.0 Å². The van der Waals surface area contributed by atoms with Crippen LogP contribution in [0.3, 0.4) is 0 Å². The lowest BCUT2D eigenvalue weighted by molar-refractivity contribution is -0.695. The molecule has 0 aliphatic carbocycles. The number of H-pyrrole nitrogens is 1. The first-order valence-electron chi connectivity index (χ1n) is 10.2. The average molecular weight is 451 g/mol. The summed E-state index contributed by atoms with van der Waals surface area (Å²) in [6, 6.07) is 9.43. The van der Waals surface area contributed by atoms with Crippen molar-refractivity contribution in [2.45, 2.75) is 19.0 Å². The maximum atomic E-state index is 13.4. The molecule has 1 atom stereocenters. The fourth-order valence-electron chi connectivity index (χ4n) is 3.91. The van der Waals surface area contributed by atoms with E-state index in [1.54, 1.807) is 18.6 Å². The average Bonchev–Trinajstić information content (AvgIpc) is 3.41. The Labute approximate surface area is 187 Å². The lowest BCUT2D eigenvalue weighted by Gasteiger charge is -2.25. The third kappa shape index (κ3) is 4.36. The second kappa shape index (κ2) is 9.03. The van der Waals surface area contributed by atoms with Crippen molar-refractivity contribution in [2.75, 3.05) is 6.54 Å². The van der Waals surface area contributed by atoms with E-state index in [-0.39, 0.29) is 23.4 Å². The van der Waals surface area contributed by atoms with Crippen molar-refractivity contribution in [3.8, 4) is 0 Å². The van der Waals surface area contributed by atoms with Crippen LogP contribution in [0.5, 0.6) is 0 Å². The molecule has 1 fully saturated rings. The van der Waals surface area contributed by atoms with Crippen molar-refractivity contribution in [1.29, 1.82) is 0 Å². The predicted molar refractivity (Wildman–Crippen MR) is 114 cm³/mol. The Morgan fingerprint density at radius 1 is 1.21 bits per heavy atom. The van der Waals surface area contributed by atoms with Crippen LogP contribution in [0, 0.1) is 15.9 Å². The van der Waals surface area contributed by atoms with E-state index in [1.807, 2.05) is 10.8 Å². The zero-order chi connectivity index (χ0) is 23.5. The van der Waals surface area contributed by atoms with E-state index in [4.69, 9.17) is 0 Å². The fraction of sp³-hybridized carbons (Fsp3) is 0.174. The number of nitrogens with one attached hydrogen (secondary N) is 1. The molecule has 1 aliphatic rings. The Morgan fingerprint density at radius 3 is 2.64 bits per heavy atom. The largest absolute Gasteiger partial charge is 0.507 e. The number of carbonyl (C=O) groups excluding carboxylic acids is 2. The highest BCUT2D eigenvalue weighted by Crippen LogP contribution is 2.40. The lowest BCUT2D eigenvalue weighted by atomic mass is 9.95. The summed E-state index contributed by atoms with van der Waals surface area (Å²) in [7, 11) is 0. The highest BCUT2D eigenvalue weighted by atomic mass is 19.1. The molecule has 9 nitrogen and oxygen atoms in total. The van der Waals surface area contributed by atoms with Gasteiger partial charge in [-0.05, 0) is 29.8 Å². The van der Waals surface area contributed by atoms with Gasteiger partial charge in [-0.15, -0.1) is 0 Å². The molecule has 1 aromatic heterocycles.